The number of rotatable bonds is 13. The number of morpholine rings is 1. The van der Waals surface area contributed by atoms with Crippen LogP contribution in [0.4, 0.5) is 0 Å². The zero-order valence-corrected chi connectivity index (χ0v) is 44.5. The number of esters is 1. The number of fused-ring (bicyclic) bond motifs is 6. The zero-order valence-electron chi connectivity index (χ0n) is 44.5. The second kappa shape index (κ2) is 23.6. The number of hydrazine groups is 1. The molecule has 0 spiro atoms. The van der Waals surface area contributed by atoms with Crippen LogP contribution in [0.5, 0.6) is 5.75 Å². The summed E-state index contributed by atoms with van der Waals surface area (Å²) in [6.07, 6.45) is 7.00. The molecular formula is C57H76N8O9. The van der Waals surface area contributed by atoms with Crippen molar-refractivity contribution >= 4 is 40.5 Å². The topological polar surface area (TPSA) is 188 Å². The lowest BCUT2D eigenvalue weighted by atomic mass is 9.84. The van der Waals surface area contributed by atoms with Gasteiger partial charge in [0.15, 0.2) is 0 Å². The van der Waals surface area contributed by atoms with Gasteiger partial charge in [-0.15, -0.1) is 0 Å². The summed E-state index contributed by atoms with van der Waals surface area (Å²) in [5.74, 6) is -2.93. The molecule has 0 saturated carbocycles. The van der Waals surface area contributed by atoms with Gasteiger partial charge in [0.2, 0.25) is 17.7 Å². The second-order valence-corrected chi connectivity index (χ2v) is 21.7. The Morgan fingerprint density at radius 1 is 1.03 bits per heavy atom. The van der Waals surface area contributed by atoms with Gasteiger partial charge in [0.25, 0.3) is 5.91 Å². The lowest BCUT2D eigenvalue weighted by Crippen LogP contribution is -2.61. The van der Waals surface area contributed by atoms with Gasteiger partial charge in [-0.25, -0.2) is 5.43 Å². The van der Waals surface area contributed by atoms with Gasteiger partial charge in [-0.1, -0.05) is 45.9 Å². The number of methoxy groups -OCH3 is 1. The van der Waals surface area contributed by atoms with Crippen molar-refractivity contribution in [2.24, 2.45) is 23.2 Å². The molecule has 0 radical (unpaired) electrons. The van der Waals surface area contributed by atoms with Crippen LogP contribution in [0, 0.1) is 23.2 Å². The van der Waals surface area contributed by atoms with Gasteiger partial charge in [-0.3, -0.25) is 38.9 Å². The fraction of sp³-hybridized carbons (Fsp3) is 0.544. The molecule has 4 amide bonds. The van der Waals surface area contributed by atoms with Crippen molar-refractivity contribution in [3.63, 3.8) is 0 Å². The maximum absolute atomic E-state index is 14.8. The van der Waals surface area contributed by atoms with Crippen molar-refractivity contribution in [3.05, 3.63) is 83.7 Å². The van der Waals surface area contributed by atoms with E-state index in [1.54, 1.807) is 48.4 Å². The number of ether oxygens (including phenoxy) is 3. The third kappa shape index (κ3) is 12.3. The first-order valence-electron chi connectivity index (χ1n) is 26.5. The number of carbonyl (C=O) groups excluding carboxylic acids is 5. The number of aromatic hydroxyl groups is 1. The summed E-state index contributed by atoms with van der Waals surface area (Å²) in [7, 11) is 3.36. The van der Waals surface area contributed by atoms with Gasteiger partial charge in [0.05, 0.1) is 49.1 Å². The van der Waals surface area contributed by atoms with E-state index >= 15 is 0 Å². The van der Waals surface area contributed by atoms with Gasteiger partial charge >= 0.3 is 5.97 Å². The number of nitrogens with zero attached hydrogens (tertiary/aromatic N) is 6. The number of amides is 4. The molecule has 3 N–H and O–H groups in total. The lowest BCUT2D eigenvalue weighted by molar-refractivity contribution is -0.155. The maximum Gasteiger partial charge on any atom is 0.324 e. The number of cyclic esters (lactones) is 1. The van der Waals surface area contributed by atoms with E-state index in [-0.39, 0.29) is 49.2 Å². The standard InChI is InChI=1S/C57H76N8O9/c1-9-64-49-17-16-39-31-44(49)45(52(64)43-13-10-19-58-51(43)37(4)72-8)32-57(5,6)35-74-56(71)47-14-11-21-65(60-47)55(70)48(29-38-27-41(39)30-42(66)28-38)59-53(68)46(36(2)3)34-61(7)54(69)40-18-22-63(33-40)50(67)15-12-20-62-23-25-73-26-24-62/h10,12-13,15-17,19,27-28,30-31,36-37,40,46-48,60,66H,9,11,14,18,20-26,29,32-35H2,1-8H3,(H,59,68)/b15-12+/t37-,40-,46?,47-,48-/m0/s1. The van der Waals surface area contributed by atoms with Gasteiger partial charge in [0.1, 0.15) is 17.8 Å². The molecule has 398 valence electrons. The molecule has 8 rings (SSSR count). The number of aromatic nitrogens is 2. The van der Waals surface area contributed by atoms with Crippen molar-refractivity contribution in [2.75, 3.05) is 79.8 Å². The predicted molar refractivity (Wildman–Crippen MR) is 282 cm³/mol. The van der Waals surface area contributed by atoms with Crippen molar-refractivity contribution in [3.8, 4) is 28.1 Å². The monoisotopic (exact) mass is 1020 g/mol. The van der Waals surface area contributed by atoms with Crippen LogP contribution in [0.3, 0.4) is 0 Å². The molecule has 3 fully saturated rings. The average Bonchev–Trinajstić information content (AvgIpc) is 4.02. The summed E-state index contributed by atoms with van der Waals surface area (Å²) in [5, 5.41) is 16.9. The highest BCUT2D eigenvalue weighted by atomic mass is 16.5. The SMILES string of the molecule is CCn1c(-c2cccnc2[C@H](C)OC)c2c3cc(ccc31)-c1cc(O)cc(c1)C[C@H](NC(=O)C(CN(C)C(=O)[C@H]1CCN(C(=O)/C=C/CN3CCOCC3)C1)C(C)C)C(=O)N1CCC[C@H](N1)C(=O)OCC(C)(C)C2. The number of aryl methyl sites for hydroxylation is 1. The van der Waals surface area contributed by atoms with E-state index in [9.17, 15) is 29.1 Å². The van der Waals surface area contributed by atoms with Crippen LogP contribution in [-0.4, -0.2) is 156 Å². The Morgan fingerprint density at radius 2 is 1.81 bits per heavy atom. The number of likely N-dealkylation sites (tertiary alicyclic amines) is 1. The molecule has 0 aliphatic carbocycles. The Labute approximate surface area is 435 Å². The molecule has 17 heteroatoms. The molecule has 4 aliphatic rings. The molecule has 4 aliphatic heterocycles. The van der Waals surface area contributed by atoms with Crippen LogP contribution < -0.4 is 10.7 Å². The first kappa shape index (κ1) is 54.1. The predicted octanol–water partition coefficient (Wildman–Crippen LogP) is 5.92. The summed E-state index contributed by atoms with van der Waals surface area (Å²) in [5.41, 5.74) is 9.63. The molecule has 6 bridgehead atoms. The Kier molecular flexibility index (Phi) is 17.3. The van der Waals surface area contributed by atoms with Gasteiger partial charge < -0.3 is 39.0 Å². The van der Waals surface area contributed by atoms with Gasteiger partial charge in [-0.05, 0) is 104 Å². The van der Waals surface area contributed by atoms with Crippen LogP contribution in [0.1, 0.15) is 83.7 Å². The molecule has 5 atom stereocenters. The van der Waals surface area contributed by atoms with Crippen molar-refractivity contribution in [1.82, 2.24) is 40.0 Å². The summed E-state index contributed by atoms with van der Waals surface area (Å²) in [4.78, 5) is 80.8. The van der Waals surface area contributed by atoms with Gasteiger partial charge in [-0.2, -0.15) is 0 Å². The minimum absolute atomic E-state index is 0.00143. The zero-order chi connectivity index (χ0) is 52.8. The molecule has 74 heavy (non-hydrogen) atoms. The minimum Gasteiger partial charge on any atom is -0.508 e. The van der Waals surface area contributed by atoms with Crippen LogP contribution >= 0.6 is 0 Å². The van der Waals surface area contributed by atoms with Crippen LogP contribution in [-0.2, 0) is 57.6 Å². The minimum atomic E-state index is -1.12. The Balaban J connectivity index is 1.08. The number of hydrogen-bond acceptors (Lipinski definition) is 12. The van der Waals surface area contributed by atoms with E-state index < -0.39 is 47.1 Å². The summed E-state index contributed by atoms with van der Waals surface area (Å²) < 4.78 is 19.7. The fourth-order valence-electron chi connectivity index (χ4n) is 11.0. The van der Waals surface area contributed by atoms with E-state index in [0.717, 1.165) is 57.6 Å². The number of pyridine rings is 1. The third-order valence-corrected chi connectivity index (χ3v) is 15.2. The van der Waals surface area contributed by atoms with E-state index in [4.69, 9.17) is 19.2 Å². The number of phenolic OH excluding ortho intramolecular Hbond substituents is 1. The van der Waals surface area contributed by atoms with Crippen molar-refractivity contribution in [1.29, 1.82) is 0 Å². The third-order valence-electron chi connectivity index (χ3n) is 15.2. The maximum atomic E-state index is 14.8. The van der Waals surface area contributed by atoms with E-state index in [0.29, 0.717) is 77.2 Å². The number of benzene rings is 2. The lowest BCUT2D eigenvalue weighted by Gasteiger charge is -2.36. The molecule has 2 aromatic carbocycles. The van der Waals surface area contributed by atoms with Crippen LogP contribution in [0.2, 0.25) is 0 Å². The summed E-state index contributed by atoms with van der Waals surface area (Å²) in [6, 6.07) is 13.6. The van der Waals surface area contributed by atoms with Crippen molar-refractivity contribution < 1.29 is 43.3 Å². The Hall–Kier alpha value is -6.14. The summed E-state index contributed by atoms with van der Waals surface area (Å²) in [6.45, 7) is 17.7. The molecule has 1 unspecified atom stereocenters. The largest absolute Gasteiger partial charge is 0.508 e. The number of phenols is 1. The first-order valence-corrected chi connectivity index (χ1v) is 26.5. The van der Waals surface area contributed by atoms with Crippen LogP contribution in [0.25, 0.3) is 33.3 Å². The van der Waals surface area contributed by atoms with E-state index in [2.05, 4.69) is 59.2 Å². The molecule has 2 aromatic heterocycles. The fourth-order valence-corrected chi connectivity index (χ4v) is 11.0. The van der Waals surface area contributed by atoms with Gasteiger partial charge in [0, 0.05) is 107 Å². The van der Waals surface area contributed by atoms with E-state index in [1.807, 2.05) is 45.0 Å². The highest BCUT2D eigenvalue weighted by Gasteiger charge is 2.38. The highest BCUT2D eigenvalue weighted by Crippen LogP contribution is 2.42. The normalized spacial score (nSPS) is 21.7. The molecule has 6 heterocycles. The number of carbonyl (C=O) groups is 5. The quantitative estimate of drug-likeness (QED) is 0.106. The molecular weight excluding hydrogens is 941 g/mol. The Bertz CT molecular complexity index is 2730. The summed E-state index contributed by atoms with van der Waals surface area (Å²) >= 11 is 0. The second-order valence-electron chi connectivity index (χ2n) is 21.7. The average molecular weight is 1020 g/mol. The molecule has 3 saturated heterocycles. The Morgan fingerprint density at radius 3 is 2.55 bits per heavy atom. The first-order chi connectivity index (χ1) is 35.4. The highest BCUT2D eigenvalue weighted by molar-refractivity contribution is 5.96. The smallest absolute Gasteiger partial charge is 0.324 e. The van der Waals surface area contributed by atoms with Crippen LogP contribution in [0.15, 0.2) is 66.9 Å². The molecule has 17 nitrogen and oxygen atoms in total. The van der Waals surface area contributed by atoms with E-state index in [1.165, 1.54) is 5.01 Å². The number of hydrogen-bond donors (Lipinski definition) is 3. The molecule has 4 aromatic rings. The van der Waals surface area contributed by atoms with Crippen molar-refractivity contribution in [2.45, 2.75) is 98.4 Å². The number of nitrogens with one attached hydrogen (secondary N) is 2.